The van der Waals surface area contributed by atoms with Crippen molar-refractivity contribution < 1.29 is 14.3 Å². The van der Waals surface area contributed by atoms with Gasteiger partial charge in [-0.3, -0.25) is 9.78 Å². The molecule has 132 valence electrons. The summed E-state index contributed by atoms with van der Waals surface area (Å²) in [6.07, 6.45) is 1.62. The van der Waals surface area contributed by atoms with Crippen LogP contribution in [0.15, 0.2) is 48.7 Å². The van der Waals surface area contributed by atoms with E-state index in [-0.39, 0.29) is 17.5 Å². The highest BCUT2D eigenvalue weighted by atomic mass is 35.5. The van der Waals surface area contributed by atoms with Crippen LogP contribution in [0.5, 0.6) is 0 Å². The van der Waals surface area contributed by atoms with Crippen molar-refractivity contribution in [2.75, 3.05) is 17.2 Å². The van der Waals surface area contributed by atoms with Gasteiger partial charge in [0.15, 0.2) is 0 Å². The Labute approximate surface area is 152 Å². The van der Waals surface area contributed by atoms with Crippen molar-refractivity contribution in [3.8, 4) is 11.4 Å². The van der Waals surface area contributed by atoms with Crippen LogP contribution in [0.2, 0.25) is 5.02 Å². The summed E-state index contributed by atoms with van der Waals surface area (Å²) in [5.41, 5.74) is 1.51. The van der Waals surface area contributed by atoms with Crippen LogP contribution in [0.25, 0.3) is 11.4 Å². The molecule has 0 bridgehead atoms. The lowest BCUT2D eigenvalue weighted by atomic mass is 10.2. The molecule has 0 amide bonds. The number of nitrogens with zero attached hydrogens (tertiary/aromatic N) is 3. The molecule has 0 saturated carbocycles. The largest absolute Gasteiger partial charge is 0.480 e. The third kappa shape index (κ3) is 4.42. The van der Waals surface area contributed by atoms with E-state index in [9.17, 15) is 9.18 Å². The third-order valence-electron chi connectivity index (χ3n) is 3.25. The topological polar surface area (TPSA) is 100 Å². The highest BCUT2D eigenvalue weighted by Gasteiger charge is 2.10. The summed E-state index contributed by atoms with van der Waals surface area (Å²) >= 11 is 6.03. The van der Waals surface area contributed by atoms with E-state index in [1.54, 1.807) is 30.5 Å². The van der Waals surface area contributed by atoms with E-state index in [0.717, 1.165) is 0 Å². The van der Waals surface area contributed by atoms with Gasteiger partial charge >= 0.3 is 5.97 Å². The summed E-state index contributed by atoms with van der Waals surface area (Å²) in [6, 6.07) is 10.9. The van der Waals surface area contributed by atoms with Gasteiger partial charge in [0, 0.05) is 12.3 Å². The lowest BCUT2D eigenvalue weighted by molar-refractivity contribution is -0.134. The van der Waals surface area contributed by atoms with Gasteiger partial charge in [0.25, 0.3) is 0 Å². The van der Waals surface area contributed by atoms with E-state index < -0.39 is 11.8 Å². The van der Waals surface area contributed by atoms with Gasteiger partial charge in [-0.15, -0.1) is 0 Å². The molecule has 26 heavy (non-hydrogen) atoms. The molecule has 0 aliphatic rings. The van der Waals surface area contributed by atoms with Crippen molar-refractivity contribution in [1.29, 1.82) is 0 Å². The predicted octanol–water partition coefficient (Wildman–Crippen LogP) is 3.57. The second-order valence-electron chi connectivity index (χ2n) is 5.17. The Morgan fingerprint density at radius 3 is 2.69 bits per heavy atom. The van der Waals surface area contributed by atoms with Gasteiger partial charge < -0.3 is 15.7 Å². The number of anilines is 3. The van der Waals surface area contributed by atoms with Crippen LogP contribution in [0.1, 0.15) is 0 Å². The summed E-state index contributed by atoms with van der Waals surface area (Å²) < 4.78 is 13.2. The zero-order chi connectivity index (χ0) is 18.5. The third-order valence-corrected chi connectivity index (χ3v) is 3.56. The Balaban J connectivity index is 1.97. The van der Waals surface area contributed by atoms with Crippen LogP contribution in [-0.4, -0.2) is 32.6 Å². The average Bonchev–Trinajstić information content (AvgIpc) is 2.63. The van der Waals surface area contributed by atoms with Crippen LogP contribution in [-0.2, 0) is 4.79 Å². The Morgan fingerprint density at radius 1 is 1.15 bits per heavy atom. The molecule has 0 fully saturated rings. The van der Waals surface area contributed by atoms with Crippen molar-refractivity contribution in [3.05, 3.63) is 59.5 Å². The van der Waals surface area contributed by atoms with Crippen LogP contribution < -0.4 is 10.6 Å². The molecule has 2 heterocycles. The minimum atomic E-state index is -1.05. The number of pyridine rings is 1. The Kier molecular flexibility index (Phi) is 5.23. The molecule has 9 heteroatoms. The van der Waals surface area contributed by atoms with Gasteiger partial charge in [-0.1, -0.05) is 17.7 Å². The molecule has 2 aromatic heterocycles. The highest BCUT2D eigenvalue weighted by Crippen LogP contribution is 2.27. The van der Waals surface area contributed by atoms with Crippen LogP contribution in [0.4, 0.5) is 21.8 Å². The standard InChI is InChI=1S/C17H13ClFN5O2/c18-11-7-10(19)4-5-12(11)22-15-8-14(13-3-1-2-6-20-13)23-17(24-15)21-9-16(25)26/h1-8H,9H2,(H,25,26)(H2,21,22,23,24). The number of nitrogens with one attached hydrogen (secondary N) is 2. The second-order valence-corrected chi connectivity index (χ2v) is 5.58. The molecule has 0 spiro atoms. The number of carbonyl (C=O) groups is 1. The minimum Gasteiger partial charge on any atom is -0.480 e. The fourth-order valence-electron chi connectivity index (χ4n) is 2.12. The number of aliphatic carboxylic acids is 1. The average molecular weight is 374 g/mol. The zero-order valence-electron chi connectivity index (χ0n) is 13.3. The fourth-order valence-corrected chi connectivity index (χ4v) is 2.33. The molecular weight excluding hydrogens is 361 g/mol. The lowest BCUT2D eigenvalue weighted by Crippen LogP contribution is -2.15. The van der Waals surface area contributed by atoms with Crippen LogP contribution in [0, 0.1) is 5.82 Å². The first-order valence-electron chi connectivity index (χ1n) is 7.49. The van der Waals surface area contributed by atoms with Crippen molar-refractivity contribution >= 4 is 35.0 Å². The number of carboxylic acids is 1. The molecule has 0 aliphatic heterocycles. The summed E-state index contributed by atoms with van der Waals surface area (Å²) in [7, 11) is 0. The van der Waals surface area contributed by atoms with Crippen molar-refractivity contribution in [1.82, 2.24) is 15.0 Å². The molecule has 0 aliphatic carbocycles. The molecule has 3 rings (SSSR count). The maximum atomic E-state index is 13.2. The number of hydrogen-bond acceptors (Lipinski definition) is 6. The van der Waals surface area contributed by atoms with Gasteiger partial charge in [-0.25, -0.2) is 9.37 Å². The first kappa shape index (κ1) is 17.6. The summed E-state index contributed by atoms with van der Waals surface area (Å²) in [6.45, 7) is -0.345. The van der Waals surface area contributed by atoms with Crippen molar-refractivity contribution in [3.63, 3.8) is 0 Å². The SMILES string of the molecule is O=C(O)CNc1nc(Nc2ccc(F)cc2Cl)cc(-c2ccccn2)n1. The Bertz CT molecular complexity index is 940. The predicted molar refractivity (Wildman–Crippen MR) is 96.1 cm³/mol. The van der Waals surface area contributed by atoms with E-state index in [0.29, 0.717) is 22.9 Å². The number of benzene rings is 1. The second kappa shape index (κ2) is 7.75. The number of rotatable bonds is 6. The van der Waals surface area contributed by atoms with E-state index >= 15 is 0 Å². The molecule has 0 radical (unpaired) electrons. The normalized spacial score (nSPS) is 10.4. The fraction of sp³-hybridized carbons (Fsp3) is 0.0588. The molecule has 3 aromatic rings. The molecule has 0 unspecified atom stereocenters. The summed E-state index contributed by atoms with van der Waals surface area (Å²) in [4.78, 5) is 23.5. The molecular formula is C17H13ClFN5O2. The first-order chi connectivity index (χ1) is 12.5. The molecule has 0 atom stereocenters. The van der Waals surface area contributed by atoms with Gasteiger partial charge in [-0.05, 0) is 30.3 Å². The molecule has 1 aromatic carbocycles. The van der Waals surface area contributed by atoms with Crippen LogP contribution >= 0.6 is 11.6 Å². The Morgan fingerprint density at radius 2 is 2.00 bits per heavy atom. The maximum Gasteiger partial charge on any atom is 0.322 e. The lowest BCUT2D eigenvalue weighted by Gasteiger charge is -2.11. The molecule has 7 nitrogen and oxygen atoms in total. The van der Waals surface area contributed by atoms with E-state index in [2.05, 4.69) is 25.6 Å². The molecule has 0 saturated heterocycles. The van der Waals surface area contributed by atoms with Crippen LogP contribution in [0.3, 0.4) is 0 Å². The Hall–Kier alpha value is -3.26. The van der Waals surface area contributed by atoms with E-state index in [1.165, 1.54) is 18.2 Å². The number of hydrogen-bond donors (Lipinski definition) is 3. The maximum absolute atomic E-state index is 13.2. The van der Waals surface area contributed by atoms with Gasteiger partial charge in [0.2, 0.25) is 5.95 Å². The van der Waals surface area contributed by atoms with E-state index in [1.807, 2.05) is 0 Å². The summed E-state index contributed by atoms with van der Waals surface area (Å²) in [5, 5.41) is 14.6. The summed E-state index contributed by atoms with van der Waals surface area (Å²) in [5.74, 6) is -1.05. The minimum absolute atomic E-state index is 0.108. The smallest absolute Gasteiger partial charge is 0.322 e. The zero-order valence-corrected chi connectivity index (χ0v) is 14.0. The van der Waals surface area contributed by atoms with E-state index in [4.69, 9.17) is 16.7 Å². The molecule has 3 N–H and O–H groups in total. The van der Waals surface area contributed by atoms with Gasteiger partial charge in [-0.2, -0.15) is 4.98 Å². The van der Waals surface area contributed by atoms with Gasteiger partial charge in [0.05, 0.1) is 22.1 Å². The number of halogens is 2. The van der Waals surface area contributed by atoms with Crippen molar-refractivity contribution in [2.24, 2.45) is 0 Å². The number of aromatic nitrogens is 3. The number of carboxylic acid groups (broad SMARTS) is 1. The highest BCUT2D eigenvalue weighted by molar-refractivity contribution is 6.33. The monoisotopic (exact) mass is 373 g/mol. The quantitative estimate of drug-likeness (QED) is 0.607. The van der Waals surface area contributed by atoms with Gasteiger partial charge in [0.1, 0.15) is 18.2 Å². The first-order valence-corrected chi connectivity index (χ1v) is 7.87. The van der Waals surface area contributed by atoms with Crippen molar-refractivity contribution in [2.45, 2.75) is 0 Å².